The van der Waals surface area contributed by atoms with Crippen LogP contribution in [-0.2, 0) is 0 Å². The largest absolute Gasteiger partial charge is 0.385 e. The molecule has 0 aliphatic carbocycles. The van der Waals surface area contributed by atoms with Gasteiger partial charge in [0.2, 0.25) is 0 Å². The third kappa shape index (κ3) is 1.89. The van der Waals surface area contributed by atoms with Gasteiger partial charge in [-0.05, 0) is 19.1 Å². The van der Waals surface area contributed by atoms with Gasteiger partial charge in [-0.25, -0.2) is 4.39 Å². The number of hydrogen-bond donors (Lipinski definition) is 1. The molecular formula is C9H9FO2. The van der Waals surface area contributed by atoms with E-state index in [0.29, 0.717) is 0 Å². The van der Waals surface area contributed by atoms with Crippen molar-refractivity contribution in [1.29, 1.82) is 0 Å². The molecule has 64 valence electrons. The van der Waals surface area contributed by atoms with Gasteiger partial charge in [0, 0.05) is 5.56 Å². The summed E-state index contributed by atoms with van der Waals surface area (Å²) in [5.41, 5.74) is 0.199. The van der Waals surface area contributed by atoms with E-state index >= 15 is 0 Å². The van der Waals surface area contributed by atoms with Crippen molar-refractivity contribution in [3.8, 4) is 0 Å². The molecule has 0 aromatic heterocycles. The second-order valence-corrected chi connectivity index (χ2v) is 2.55. The van der Waals surface area contributed by atoms with Crippen molar-refractivity contribution < 1.29 is 14.3 Å². The van der Waals surface area contributed by atoms with Crippen molar-refractivity contribution in [3.63, 3.8) is 0 Å². The standard InChI is InChI=1S/C9H9FO2/c1-6(11)9(12)7-3-2-4-8(10)5-7/h2-6,11H,1H3. The molecule has 0 bridgehead atoms. The summed E-state index contributed by atoms with van der Waals surface area (Å²) in [6.07, 6.45) is -1.08. The third-order valence-electron chi connectivity index (χ3n) is 1.49. The van der Waals surface area contributed by atoms with Gasteiger partial charge < -0.3 is 5.11 Å². The Labute approximate surface area is 69.6 Å². The number of hydrogen-bond acceptors (Lipinski definition) is 2. The summed E-state index contributed by atoms with van der Waals surface area (Å²) in [6.45, 7) is 1.35. The smallest absolute Gasteiger partial charge is 0.191 e. The topological polar surface area (TPSA) is 37.3 Å². The number of halogens is 1. The first-order valence-corrected chi connectivity index (χ1v) is 3.59. The first-order chi connectivity index (χ1) is 5.61. The zero-order valence-corrected chi connectivity index (χ0v) is 6.62. The van der Waals surface area contributed by atoms with Crippen LogP contribution in [0, 0.1) is 5.82 Å². The molecule has 0 heterocycles. The van der Waals surface area contributed by atoms with Crippen LogP contribution in [0.15, 0.2) is 24.3 Å². The Balaban J connectivity index is 2.96. The number of carbonyl (C=O) groups is 1. The van der Waals surface area contributed by atoms with Crippen molar-refractivity contribution in [2.24, 2.45) is 0 Å². The van der Waals surface area contributed by atoms with E-state index in [1.807, 2.05) is 0 Å². The Bertz CT molecular complexity index is 294. The zero-order valence-electron chi connectivity index (χ0n) is 6.62. The van der Waals surface area contributed by atoms with Gasteiger partial charge in [-0.3, -0.25) is 4.79 Å². The highest BCUT2D eigenvalue weighted by Gasteiger charge is 2.11. The van der Waals surface area contributed by atoms with Gasteiger partial charge in [0.1, 0.15) is 11.9 Å². The van der Waals surface area contributed by atoms with Crippen LogP contribution in [0.25, 0.3) is 0 Å². The lowest BCUT2D eigenvalue weighted by molar-refractivity contribution is 0.0779. The van der Waals surface area contributed by atoms with Crippen LogP contribution in [0.5, 0.6) is 0 Å². The molecule has 0 radical (unpaired) electrons. The quantitative estimate of drug-likeness (QED) is 0.677. The van der Waals surface area contributed by atoms with Gasteiger partial charge in [-0.15, -0.1) is 0 Å². The van der Waals surface area contributed by atoms with E-state index in [4.69, 9.17) is 5.11 Å². The van der Waals surface area contributed by atoms with E-state index < -0.39 is 17.7 Å². The van der Waals surface area contributed by atoms with Crippen LogP contribution in [-0.4, -0.2) is 17.0 Å². The number of benzene rings is 1. The minimum absolute atomic E-state index is 0.199. The molecular weight excluding hydrogens is 159 g/mol. The molecule has 1 atom stereocenters. The predicted octanol–water partition coefficient (Wildman–Crippen LogP) is 1.39. The predicted molar refractivity (Wildman–Crippen MR) is 42.4 cm³/mol. The van der Waals surface area contributed by atoms with Gasteiger partial charge in [0.05, 0.1) is 0 Å². The summed E-state index contributed by atoms with van der Waals surface area (Å²) in [7, 11) is 0. The Morgan fingerprint density at radius 3 is 2.75 bits per heavy atom. The van der Waals surface area contributed by atoms with E-state index in [-0.39, 0.29) is 5.56 Å². The number of aliphatic hydroxyl groups excluding tert-OH is 1. The van der Waals surface area contributed by atoms with Crippen LogP contribution >= 0.6 is 0 Å². The highest BCUT2D eigenvalue weighted by atomic mass is 19.1. The summed E-state index contributed by atoms with van der Waals surface area (Å²) < 4.78 is 12.6. The maximum Gasteiger partial charge on any atom is 0.191 e. The molecule has 0 saturated carbocycles. The average Bonchev–Trinajstić information content (AvgIpc) is 2.03. The van der Waals surface area contributed by atoms with Crippen LogP contribution in [0.3, 0.4) is 0 Å². The summed E-state index contributed by atoms with van der Waals surface area (Å²) in [5.74, 6) is -0.934. The van der Waals surface area contributed by atoms with Gasteiger partial charge in [0.15, 0.2) is 5.78 Å². The average molecular weight is 168 g/mol. The number of carbonyl (C=O) groups excluding carboxylic acids is 1. The Morgan fingerprint density at radius 1 is 1.58 bits per heavy atom. The number of Topliss-reactive ketones (excluding diaryl/α,β-unsaturated/α-hetero) is 1. The molecule has 0 fully saturated rings. The maximum absolute atomic E-state index is 12.6. The first-order valence-electron chi connectivity index (χ1n) is 3.59. The molecule has 0 aliphatic rings. The molecule has 1 unspecified atom stereocenters. The summed E-state index contributed by atoms with van der Waals surface area (Å²) in [4.78, 5) is 11.1. The van der Waals surface area contributed by atoms with Crippen LogP contribution in [0.4, 0.5) is 4.39 Å². The van der Waals surface area contributed by atoms with E-state index in [1.165, 1.54) is 25.1 Å². The van der Waals surface area contributed by atoms with Gasteiger partial charge in [-0.1, -0.05) is 12.1 Å². The molecule has 0 spiro atoms. The Morgan fingerprint density at radius 2 is 2.25 bits per heavy atom. The highest BCUT2D eigenvalue weighted by molar-refractivity contribution is 5.98. The first kappa shape index (κ1) is 8.87. The van der Waals surface area contributed by atoms with Crippen molar-refractivity contribution >= 4 is 5.78 Å². The van der Waals surface area contributed by atoms with E-state index in [2.05, 4.69) is 0 Å². The molecule has 2 nitrogen and oxygen atoms in total. The molecule has 0 saturated heterocycles. The molecule has 3 heteroatoms. The minimum Gasteiger partial charge on any atom is -0.385 e. The molecule has 1 N–H and O–H groups in total. The Kier molecular flexibility index (Phi) is 2.55. The van der Waals surface area contributed by atoms with Crippen molar-refractivity contribution in [2.45, 2.75) is 13.0 Å². The monoisotopic (exact) mass is 168 g/mol. The van der Waals surface area contributed by atoms with Crippen LogP contribution in [0.1, 0.15) is 17.3 Å². The second kappa shape index (κ2) is 3.45. The zero-order chi connectivity index (χ0) is 9.14. The van der Waals surface area contributed by atoms with Gasteiger partial charge in [-0.2, -0.15) is 0 Å². The normalized spacial score (nSPS) is 12.6. The van der Waals surface area contributed by atoms with Gasteiger partial charge >= 0.3 is 0 Å². The molecule has 1 aromatic rings. The lowest BCUT2D eigenvalue weighted by Gasteiger charge is -2.02. The molecule has 0 aliphatic heterocycles. The fourth-order valence-corrected chi connectivity index (χ4v) is 0.883. The lowest BCUT2D eigenvalue weighted by Crippen LogP contribution is -2.15. The number of ketones is 1. The lowest BCUT2D eigenvalue weighted by atomic mass is 10.1. The number of aliphatic hydroxyl groups is 1. The highest BCUT2D eigenvalue weighted by Crippen LogP contribution is 2.06. The summed E-state index contributed by atoms with van der Waals surface area (Å²) in [5, 5.41) is 8.89. The van der Waals surface area contributed by atoms with E-state index in [9.17, 15) is 9.18 Å². The Hall–Kier alpha value is -1.22. The fourth-order valence-electron chi connectivity index (χ4n) is 0.883. The van der Waals surface area contributed by atoms with Crippen LogP contribution < -0.4 is 0 Å². The molecule has 1 rings (SSSR count). The third-order valence-corrected chi connectivity index (χ3v) is 1.49. The van der Waals surface area contributed by atoms with Crippen molar-refractivity contribution in [2.75, 3.05) is 0 Å². The minimum atomic E-state index is -1.08. The van der Waals surface area contributed by atoms with Crippen molar-refractivity contribution in [3.05, 3.63) is 35.6 Å². The molecule has 1 aromatic carbocycles. The number of rotatable bonds is 2. The maximum atomic E-state index is 12.6. The summed E-state index contributed by atoms with van der Waals surface area (Å²) in [6, 6.07) is 5.26. The van der Waals surface area contributed by atoms with E-state index in [1.54, 1.807) is 0 Å². The van der Waals surface area contributed by atoms with Crippen LogP contribution in [0.2, 0.25) is 0 Å². The van der Waals surface area contributed by atoms with E-state index in [0.717, 1.165) is 6.07 Å². The SMILES string of the molecule is CC(O)C(=O)c1cccc(F)c1. The molecule has 12 heavy (non-hydrogen) atoms. The fraction of sp³-hybridized carbons (Fsp3) is 0.222. The summed E-state index contributed by atoms with van der Waals surface area (Å²) >= 11 is 0. The second-order valence-electron chi connectivity index (χ2n) is 2.55. The molecule has 0 amide bonds. The van der Waals surface area contributed by atoms with Gasteiger partial charge in [0.25, 0.3) is 0 Å². The van der Waals surface area contributed by atoms with Crippen molar-refractivity contribution in [1.82, 2.24) is 0 Å².